The molecule has 0 rings (SSSR count). The molecule has 0 atom stereocenters. The molecule has 0 heterocycles. The van der Waals surface area contributed by atoms with Crippen LogP contribution >= 0.6 is 0 Å². The van der Waals surface area contributed by atoms with Gasteiger partial charge in [0.1, 0.15) is 0 Å². The molecular formula is C10H22O4Si. The van der Waals surface area contributed by atoms with Crippen molar-refractivity contribution in [2.75, 3.05) is 14.2 Å². The minimum Gasteiger partial charge on any atom is -0.478 e. The molecule has 0 aromatic heterocycles. The molecule has 15 heavy (non-hydrogen) atoms. The van der Waals surface area contributed by atoms with Gasteiger partial charge in [0, 0.05) is 19.8 Å². The zero-order chi connectivity index (χ0) is 12.5. The summed E-state index contributed by atoms with van der Waals surface area (Å²) in [6.45, 7) is 8.82. The lowest BCUT2D eigenvalue weighted by molar-refractivity contribution is -0.132. The maximum Gasteiger partial charge on any atom is 0.334 e. The number of rotatable bonds is 5. The van der Waals surface area contributed by atoms with Gasteiger partial charge in [0.25, 0.3) is 0 Å². The highest BCUT2D eigenvalue weighted by atomic mass is 28.4. The van der Waals surface area contributed by atoms with Gasteiger partial charge >= 0.3 is 14.5 Å². The first-order chi connectivity index (χ1) is 6.82. The maximum atomic E-state index is 9.60. The van der Waals surface area contributed by atoms with Crippen molar-refractivity contribution in [3.8, 4) is 0 Å². The Morgan fingerprint density at radius 1 is 1.40 bits per heavy atom. The zero-order valence-corrected chi connectivity index (χ0v) is 11.3. The van der Waals surface area contributed by atoms with Gasteiger partial charge in [0.2, 0.25) is 0 Å². The van der Waals surface area contributed by atoms with E-state index < -0.39 is 14.5 Å². The van der Waals surface area contributed by atoms with Crippen LogP contribution in [0.3, 0.4) is 0 Å². The molecule has 0 radical (unpaired) electrons. The lowest BCUT2D eigenvalue weighted by Crippen LogP contribution is -2.35. The lowest BCUT2D eigenvalue weighted by atomic mass is 10.4. The third-order valence-corrected chi connectivity index (χ3v) is 5.07. The highest BCUT2D eigenvalue weighted by Crippen LogP contribution is 2.12. The second-order valence-corrected chi connectivity index (χ2v) is 6.96. The van der Waals surface area contributed by atoms with Crippen molar-refractivity contribution in [1.29, 1.82) is 0 Å². The Kier molecular flexibility index (Phi) is 9.66. The van der Waals surface area contributed by atoms with E-state index in [2.05, 4.69) is 20.0 Å². The Morgan fingerprint density at radius 2 is 1.73 bits per heavy atom. The van der Waals surface area contributed by atoms with E-state index in [1.54, 1.807) is 14.2 Å². The largest absolute Gasteiger partial charge is 0.478 e. The molecular weight excluding hydrogens is 212 g/mol. The van der Waals surface area contributed by atoms with Gasteiger partial charge in [-0.3, -0.25) is 0 Å². The van der Waals surface area contributed by atoms with Crippen molar-refractivity contribution >= 4 is 14.5 Å². The van der Waals surface area contributed by atoms with Gasteiger partial charge in [0.05, 0.1) is 0 Å². The highest BCUT2D eigenvalue weighted by molar-refractivity contribution is 6.65. The van der Waals surface area contributed by atoms with Crippen LogP contribution in [0.4, 0.5) is 0 Å². The fourth-order valence-electron chi connectivity index (χ4n) is 0.742. The van der Waals surface area contributed by atoms with Crippen LogP contribution in [0.2, 0.25) is 12.6 Å². The van der Waals surface area contributed by atoms with E-state index in [9.17, 15) is 4.79 Å². The standard InChI is InChI=1S/C6H16O2Si.C4H6O2/c1-5-6-9(4,7-2)8-3;1-3(2)4(5)6/h5-6H2,1-4H3;1H2,2H3,(H,5,6). The molecule has 0 aromatic carbocycles. The summed E-state index contributed by atoms with van der Waals surface area (Å²) in [4.78, 5) is 9.60. The van der Waals surface area contributed by atoms with Gasteiger partial charge in [-0.15, -0.1) is 0 Å². The van der Waals surface area contributed by atoms with E-state index in [-0.39, 0.29) is 5.57 Å². The summed E-state index contributed by atoms with van der Waals surface area (Å²) in [7, 11) is 1.76. The number of carboxylic acids is 1. The predicted octanol–water partition coefficient (Wildman–Crippen LogP) is 2.41. The molecule has 4 nitrogen and oxygen atoms in total. The number of hydrogen-bond acceptors (Lipinski definition) is 3. The van der Waals surface area contributed by atoms with Gasteiger partial charge in [0.15, 0.2) is 0 Å². The first kappa shape index (κ1) is 16.8. The Labute approximate surface area is 93.2 Å². The fourth-order valence-corrected chi connectivity index (χ4v) is 2.22. The van der Waals surface area contributed by atoms with E-state index in [1.165, 1.54) is 6.92 Å². The van der Waals surface area contributed by atoms with E-state index in [4.69, 9.17) is 14.0 Å². The quantitative estimate of drug-likeness (QED) is 0.586. The number of aliphatic carboxylic acids is 1. The second-order valence-electron chi connectivity index (χ2n) is 3.38. The van der Waals surface area contributed by atoms with Crippen molar-refractivity contribution in [3.05, 3.63) is 12.2 Å². The number of hydrogen-bond donors (Lipinski definition) is 1. The SMILES string of the molecule is C=C(C)C(=O)O.CCC[Si](C)(OC)OC. The van der Waals surface area contributed by atoms with Crippen LogP contribution in [-0.4, -0.2) is 33.9 Å². The van der Waals surface area contributed by atoms with Gasteiger partial charge in [-0.1, -0.05) is 19.9 Å². The molecule has 0 fully saturated rings. The molecule has 0 unspecified atom stereocenters. The second kappa shape index (κ2) is 8.64. The molecule has 5 heteroatoms. The van der Waals surface area contributed by atoms with Crippen LogP contribution in [0.15, 0.2) is 12.2 Å². The van der Waals surface area contributed by atoms with Crippen LogP contribution < -0.4 is 0 Å². The molecule has 0 amide bonds. The van der Waals surface area contributed by atoms with Crippen molar-refractivity contribution in [2.45, 2.75) is 32.9 Å². The van der Waals surface area contributed by atoms with Crippen molar-refractivity contribution in [1.82, 2.24) is 0 Å². The average molecular weight is 234 g/mol. The molecule has 0 spiro atoms. The minimum absolute atomic E-state index is 0.176. The van der Waals surface area contributed by atoms with Gasteiger partial charge in [-0.05, 0) is 19.5 Å². The first-order valence-electron chi connectivity index (χ1n) is 4.82. The Balaban J connectivity index is 0. The lowest BCUT2D eigenvalue weighted by Gasteiger charge is -2.21. The Bertz CT molecular complexity index is 188. The molecule has 0 bridgehead atoms. The van der Waals surface area contributed by atoms with Crippen LogP contribution in [0.1, 0.15) is 20.3 Å². The van der Waals surface area contributed by atoms with Crippen molar-refractivity contribution in [3.63, 3.8) is 0 Å². The molecule has 0 saturated carbocycles. The third kappa shape index (κ3) is 9.65. The van der Waals surface area contributed by atoms with Gasteiger partial charge in [-0.2, -0.15) is 0 Å². The Morgan fingerprint density at radius 3 is 1.80 bits per heavy atom. The van der Waals surface area contributed by atoms with Gasteiger partial charge in [-0.25, -0.2) is 4.79 Å². The summed E-state index contributed by atoms with van der Waals surface area (Å²) in [6, 6.07) is 1.08. The Hall–Kier alpha value is -0.653. The van der Waals surface area contributed by atoms with Crippen LogP contribution in [0.5, 0.6) is 0 Å². The van der Waals surface area contributed by atoms with E-state index in [0.717, 1.165) is 12.5 Å². The van der Waals surface area contributed by atoms with E-state index in [0.29, 0.717) is 0 Å². The summed E-state index contributed by atoms with van der Waals surface area (Å²) in [6.07, 6.45) is 1.14. The van der Waals surface area contributed by atoms with Crippen LogP contribution in [-0.2, 0) is 13.6 Å². The summed E-state index contributed by atoms with van der Waals surface area (Å²) in [5.74, 6) is -0.935. The molecule has 0 aromatic rings. The zero-order valence-electron chi connectivity index (χ0n) is 10.3. The maximum absolute atomic E-state index is 9.60. The third-order valence-electron chi connectivity index (χ3n) is 1.93. The molecule has 90 valence electrons. The number of carbonyl (C=O) groups is 1. The molecule has 1 N–H and O–H groups in total. The smallest absolute Gasteiger partial charge is 0.334 e. The van der Waals surface area contributed by atoms with Crippen molar-refractivity contribution in [2.24, 2.45) is 0 Å². The number of carboxylic acid groups (broad SMARTS) is 1. The molecule has 0 aliphatic heterocycles. The summed E-state index contributed by atoms with van der Waals surface area (Å²) >= 11 is 0. The highest BCUT2D eigenvalue weighted by Gasteiger charge is 2.26. The average Bonchev–Trinajstić information content (AvgIpc) is 2.19. The fraction of sp³-hybridized carbons (Fsp3) is 0.700. The van der Waals surface area contributed by atoms with Crippen molar-refractivity contribution < 1.29 is 18.8 Å². The van der Waals surface area contributed by atoms with E-state index in [1.807, 2.05) is 0 Å². The summed E-state index contributed by atoms with van der Waals surface area (Å²) in [5, 5.41) is 7.89. The molecule has 0 aliphatic carbocycles. The first-order valence-corrected chi connectivity index (χ1v) is 7.34. The normalized spacial score (nSPS) is 10.2. The summed E-state index contributed by atoms with van der Waals surface area (Å²) < 4.78 is 10.5. The topological polar surface area (TPSA) is 55.8 Å². The van der Waals surface area contributed by atoms with Gasteiger partial charge < -0.3 is 14.0 Å². The van der Waals surface area contributed by atoms with Crippen LogP contribution in [0.25, 0.3) is 0 Å². The predicted molar refractivity (Wildman–Crippen MR) is 63.2 cm³/mol. The minimum atomic E-state index is -1.70. The molecule has 0 saturated heterocycles. The van der Waals surface area contributed by atoms with E-state index >= 15 is 0 Å². The van der Waals surface area contributed by atoms with Crippen LogP contribution in [0, 0.1) is 0 Å². The molecule has 0 aliphatic rings. The monoisotopic (exact) mass is 234 g/mol. The summed E-state index contributed by atoms with van der Waals surface area (Å²) in [5.41, 5.74) is 0.176.